The number of benzene rings is 1. The normalized spacial score (nSPS) is 10.2. The first kappa shape index (κ1) is 15.1. The van der Waals surface area contributed by atoms with Gasteiger partial charge in [0.2, 0.25) is 5.76 Å². The Bertz CT molecular complexity index is 676. The van der Waals surface area contributed by atoms with Crippen LogP contribution in [0.3, 0.4) is 0 Å². The summed E-state index contributed by atoms with van der Waals surface area (Å²) in [7, 11) is 1.24. The molecule has 0 fully saturated rings. The predicted octanol–water partition coefficient (Wildman–Crippen LogP) is 2.89. The Morgan fingerprint density at radius 3 is 2.71 bits per heavy atom. The van der Waals surface area contributed by atoms with Crippen molar-refractivity contribution in [1.29, 1.82) is 0 Å². The van der Waals surface area contributed by atoms with Gasteiger partial charge < -0.3 is 19.0 Å². The summed E-state index contributed by atoms with van der Waals surface area (Å²) < 4.78 is 15.3. The smallest absolute Gasteiger partial charge is 0.373 e. The molecule has 7 heteroatoms. The maximum atomic E-state index is 11.9. The number of halogens is 1. The number of rotatable bonds is 4. The minimum absolute atomic E-state index is 0.0221. The van der Waals surface area contributed by atoms with E-state index < -0.39 is 11.9 Å². The van der Waals surface area contributed by atoms with Gasteiger partial charge in [0.05, 0.1) is 7.11 Å². The van der Waals surface area contributed by atoms with E-state index in [0.717, 1.165) is 0 Å². The number of carbonyl (C=O) groups is 2. The number of hydrogen-bond donors (Lipinski definition) is 1. The molecule has 1 aromatic heterocycles. The summed E-state index contributed by atoms with van der Waals surface area (Å²) in [5.74, 6) is -1.19. The minimum atomic E-state index is -0.704. The van der Waals surface area contributed by atoms with Crippen LogP contribution in [0, 0.1) is 0 Å². The summed E-state index contributed by atoms with van der Waals surface area (Å²) in [6, 6.07) is 7.34. The lowest BCUT2D eigenvalue weighted by Gasteiger charge is -2.05. The van der Waals surface area contributed by atoms with Crippen LogP contribution in [0.1, 0.15) is 26.7 Å². The molecule has 0 bridgehead atoms. The molecule has 0 aliphatic heterocycles. The fourth-order valence-corrected chi connectivity index (χ4v) is 1.91. The number of hydrogen-bond acceptors (Lipinski definition) is 6. The van der Waals surface area contributed by atoms with Crippen molar-refractivity contribution in [3.8, 4) is 5.75 Å². The van der Waals surface area contributed by atoms with E-state index in [1.165, 1.54) is 31.4 Å². The number of phenolic OH excluding ortho intramolecular Hbond substituents is 1. The van der Waals surface area contributed by atoms with Crippen LogP contribution in [0.25, 0.3) is 0 Å². The van der Waals surface area contributed by atoms with Crippen LogP contribution < -0.4 is 0 Å². The van der Waals surface area contributed by atoms with E-state index in [0.29, 0.717) is 10.2 Å². The lowest BCUT2D eigenvalue weighted by Crippen LogP contribution is -2.05. The Morgan fingerprint density at radius 1 is 1.24 bits per heavy atom. The third kappa shape index (κ3) is 3.63. The first-order valence-electron chi connectivity index (χ1n) is 5.84. The Labute approximate surface area is 128 Å². The number of esters is 2. The van der Waals surface area contributed by atoms with Gasteiger partial charge in [-0.15, -0.1) is 0 Å². The van der Waals surface area contributed by atoms with Gasteiger partial charge in [0.1, 0.15) is 23.7 Å². The van der Waals surface area contributed by atoms with E-state index in [2.05, 4.69) is 20.7 Å². The van der Waals surface area contributed by atoms with Crippen LogP contribution >= 0.6 is 15.9 Å². The molecule has 0 radical (unpaired) electrons. The molecule has 1 aromatic carbocycles. The van der Waals surface area contributed by atoms with E-state index in [1.54, 1.807) is 6.07 Å². The van der Waals surface area contributed by atoms with Crippen LogP contribution in [-0.2, 0) is 16.1 Å². The largest absolute Gasteiger partial charge is 0.507 e. The molecule has 0 unspecified atom stereocenters. The van der Waals surface area contributed by atoms with Crippen molar-refractivity contribution in [2.75, 3.05) is 7.11 Å². The Balaban J connectivity index is 2.02. The first-order valence-corrected chi connectivity index (χ1v) is 6.63. The second-order valence-electron chi connectivity index (χ2n) is 4.00. The van der Waals surface area contributed by atoms with Gasteiger partial charge in [0, 0.05) is 4.47 Å². The van der Waals surface area contributed by atoms with Crippen molar-refractivity contribution in [3.05, 3.63) is 51.9 Å². The molecule has 1 N–H and O–H groups in total. The fraction of sp³-hybridized carbons (Fsp3) is 0.143. The van der Waals surface area contributed by atoms with Crippen LogP contribution in [0.5, 0.6) is 5.75 Å². The van der Waals surface area contributed by atoms with Gasteiger partial charge >= 0.3 is 11.9 Å². The van der Waals surface area contributed by atoms with E-state index in [4.69, 9.17) is 9.15 Å². The summed E-state index contributed by atoms with van der Waals surface area (Å²) in [6.45, 7) is -0.165. The van der Waals surface area contributed by atoms with Crippen LogP contribution in [0.15, 0.2) is 39.2 Å². The van der Waals surface area contributed by atoms with Crippen LogP contribution in [0.4, 0.5) is 0 Å². The highest BCUT2D eigenvalue weighted by atomic mass is 79.9. The third-order valence-corrected chi connectivity index (χ3v) is 3.07. The lowest BCUT2D eigenvalue weighted by atomic mass is 10.2. The van der Waals surface area contributed by atoms with Gasteiger partial charge in [0.15, 0.2) is 0 Å². The number of furan rings is 1. The molecule has 6 nitrogen and oxygen atoms in total. The zero-order valence-electron chi connectivity index (χ0n) is 11.0. The highest BCUT2D eigenvalue weighted by Crippen LogP contribution is 2.23. The Kier molecular flexibility index (Phi) is 4.64. The fourth-order valence-electron chi connectivity index (χ4n) is 1.55. The average Bonchev–Trinajstić information content (AvgIpc) is 2.95. The van der Waals surface area contributed by atoms with Crippen LogP contribution in [0.2, 0.25) is 0 Å². The molecule has 0 saturated heterocycles. The predicted molar refractivity (Wildman–Crippen MR) is 75.0 cm³/mol. The van der Waals surface area contributed by atoms with Crippen LogP contribution in [-0.4, -0.2) is 24.2 Å². The summed E-state index contributed by atoms with van der Waals surface area (Å²) in [6.07, 6.45) is 0. The van der Waals surface area contributed by atoms with Crippen molar-refractivity contribution >= 4 is 27.9 Å². The van der Waals surface area contributed by atoms with Gasteiger partial charge in [-0.1, -0.05) is 15.9 Å². The van der Waals surface area contributed by atoms with Gasteiger partial charge in [0.25, 0.3) is 0 Å². The molecule has 0 saturated carbocycles. The van der Waals surface area contributed by atoms with Crippen molar-refractivity contribution in [2.45, 2.75) is 6.61 Å². The van der Waals surface area contributed by atoms with Gasteiger partial charge in [-0.25, -0.2) is 9.59 Å². The average molecular weight is 355 g/mol. The molecule has 21 heavy (non-hydrogen) atoms. The van der Waals surface area contributed by atoms with E-state index in [9.17, 15) is 14.7 Å². The molecule has 110 valence electrons. The molecular formula is C14H11BrO6. The summed E-state index contributed by atoms with van der Waals surface area (Å²) in [4.78, 5) is 23.1. The van der Waals surface area contributed by atoms with Crippen molar-refractivity contribution < 1.29 is 28.6 Å². The molecular weight excluding hydrogens is 344 g/mol. The number of carbonyl (C=O) groups excluding carboxylic acids is 2. The quantitative estimate of drug-likeness (QED) is 0.849. The molecule has 0 atom stereocenters. The number of ether oxygens (including phenoxy) is 2. The highest BCUT2D eigenvalue weighted by Gasteiger charge is 2.15. The summed E-state index contributed by atoms with van der Waals surface area (Å²) in [5, 5.41) is 9.61. The maximum absolute atomic E-state index is 11.9. The molecule has 0 spiro atoms. The third-order valence-electron chi connectivity index (χ3n) is 2.57. The second kappa shape index (κ2) is 6.45. The summed E-state index contributed by atoms with van der Waals surface area (Å²) >= 11 is 3.20. The maximum Gasteiger partial charge on any atom is 0.373 e. The van der Waals surface area contributed by atoms with Gasteiger partial charge in [-0.05, 0) is 30.3 Å². The van der Waals surface area contributed by atoms with Crippen molar-refractivity contribution in [1.82, 2.24) is 0 Å². The topological polar surface area (TPSA) is 86.0 Å². The summed E-state index contributed by atoms with van der Waals surface area (Å²) in [5.41, 5.74) is 0.0316. The highest BCUT2D eigenvalue weighted by molar-refractivity contribution is 9.10. The Hall–Kier alpha value is -2.28. The standard InChI is InChI=1S/C14H11BrO6/c1-19-14(18)12-5-3-9(21-12)7-20-13(17)10-6-8(15)2-4-11(10)16/h2-6,16H,7H2,1H3. The van der Waals surface area contributed by atoms with E-state index >= 15 is 0 Å². The zero-order chi connectivity index (χ0) is 15.4. The Morgan fingerprint density at radius 2 is 2.00 bits per heavy atom. The first-order chi connectivity index (χ1) is 10.0. The lowest BCUT2D eigenvalue weighted by molar-refractivity contribution is 0.0435. The van der Waals surface area contributed by atoms with Gasteiger partial charge in [-0.3, -0.25) is 0 Å². The zero-order valence-corrected chi connectivity index (χ0v) is 12.5. The SMILES string of the molecule is COC(=O)c1ccc(COC(=O)c2cc(Br)ccc2O)o1. The monoisotopic (exact) mass is 354 g/mol. The van der Waals surface area contributed by atoms with E-state index in [1.807, 2.05) is 0 Å². The molecule has 1 heterocycles. The van der Waals surface area contributed by atoms with E-state index in [-0.39, 0.29) is 23.7 Å². The molecule has 0 amide bonds. The number of aromatic hydroxyl groups is 1. The van der Waals surface area contributed by atoms with Crippen molar-refractivity contribution in [2.24, 2.45) is 0 Å². The number of methoxy groups -OCH3 is 1. The number of phenols is 1. The molecule has 0 aliphatic rings. The molecule has 2 aromatic rings. The second-order valence-corrected chi connectivity index (χ2v) is 4.91. The van der Waals surface area contributed by atoms with Gasteiger partial charge in [-0.2, -0.15) is 0 Å². The minimum Gasteiger partial charge on any atom is -0.507 e. The van der Waals surface area contributed by atoms with Crippen molar-refractivity contribution in [3.63, 3.8) is 0 Å². The molecule has 0 aliphatic carbocycles. The molecule has 2 rings (SSSR count).